The van der Waals surface area contributed by atoms with Crippen LogP contribution in [0.3, 0.4) is 0 Å². The molecule has 0 atom stereocenters. The second kappa shape index (κ2) is 5.98. The molecule has 4 rings (SSSR count). The lowest BCUT2D eigenvalue weighted by molar-refractivity contribution is 0.0948. The number of benzene rings is 1. The quantitative estimate of drug-likeness (QED) is 0.593. The molecule has 114 valence electrons. The third-order valence-corrected chi connectivity index (χ3v) is 4.96. The van der Waals surface area contributed by atoms with Gasteiger partial charge in [-0.15, -0.1) is 11.3 Å². The molecule has 4 aromatic rings. The molecule has 0 saturated carbocycles. The fraction of sp³-hybridized carbons (Fsp3) is 0.0588. The van der Waals surface area contributed by atoms with Gasteiger partial charge in [-0.25, -0.2) is 4.98 Å². The van der Waals surface area contributed by atoms with E-state index < -0.39 is 0 Å². The van der Waals surface area contributed by atoms with E-state index in [0.717, 1.165) is 27.3 Å². The first-order chi connectivity index (χ1) is 11.3. The minimum Gasteiger partial charge on any atom is -0.459 e. The fourth-order valence-corrected chi connectivity index (χ4v) is 3.66. The number of fused-ring (bicyclic) bond motifs is 1. The molecule has 1 N–H and O–H groups in total. The van der Waals surface area contributed by atoms with Crippen LogP contribution >= 0.6 is 22.7 Å². The maximum absolute atomic E-state index is 12.3. The highest BCUT2D eigenvalue weighted by Gasteiger charge is 2.09. The summed E-state index contributed by atoms with van der Waals surface area (Å²) in [5.74, 6) is 1.44. The van der Waals surface area contributed by atoms with Gasteiger partial charge in [-0.1, -0.05) is 0 Å². The van der Waals surface area contributed by atoms with Crippen molar-refractivity contribution in [2.45, 2.75) is 6.54 Å². The number of nitrogens with one attached hydrogen (secondary N) is 1. The Hall–Kier alpha value is -2.44. The maximum Gasteiger partial charge on any atom is 0.251 e. The van der Waals surface area contributed by atoms with Crippen LogP contribution in [0.1, 0.15) is 16.1 Å². The lowest BCUT2D eigenvalue weighted by Crippen LogP contribution is -2.22. The highest BCUT2D eigenvalue weighted by molar-refractivity contribution is 7.16. The molecule has 0 saturated heterocycles. The van der Waals surface area contributed by atoms with Crippen molar-refractivity contribution in [3.8, 4) is 11.3 Å². The Morgan fingerprint density at radius 2 is 2.17 bits per heavy atom. The number of hydrogen-bond donors (Lipinski definition) is 1. The molecule has 0 aliphatic carbocycles. The number of amides is 1. The van der Waals surface area contributed by atoms with E-state index >= 15 is 0 Å². The largest absolute Gasteiger partial charge is 0.459 e. The zero-order chi connectivity index (χ0) is 15.6. The summed E-state index contributed by atoms with van der Waals surface area (Å²) in [5, 5.41) is 6.93. The highest BCUT2D eigenvalue weighted by atomic mass is 32.1. The lowest BCUT2D eigenvalue weighted by atomic mass is 10.2. The molecule has 1 amide bonds. The first-order valence-electron chi connectivity index (χ1n) is 7.02. The summed E-state index contributed by atoms with van der Waals surface area (Å²) < 4.78 is 6.77. The molecule has 0 radical (unpaired) electrons. The van der Waals surface area contributed by atoms with Gasteiger partial charge in [-0.3, -0.25) is 4.79 Å². The Morgan fingerprint density at radius 3 is 3.04 bits per heavy atom. The van der Waals surface area contributed by atoms with E-state index in [-0.39, 0.29) is 5.91 Å². The van der Waals surface area contributed by atoms with Crippen molar-refractivity contribution in [2.24, 2.45) is 0 Å². The number of thiophene rings is 1. The van der Waals surface area contributed by atoms with Crippen molar-refractivity contribution in [3.63, 3.8) is 0 Å². The molecule has 4 nitrogen and oxygen atoms in total. The molecule has 3 aromatic heterocycles. The summed E-state index contributed by atoms with van der Waals surface area (Å²) in [6.07, 6.45) is 0. The summed E-state index contributed by atoms with van der Waals surface area (Å²) in [5.41, 5.74) is 4.38. The van der Waals surface area contributed by atoms with Gasteiger partial charge in [0.1, 0.15) is 11.5 Å². The van der Waals surface area contributed by atoms with Gasteiger partial charge in [0.15, 0.2) is 0 Å². The SMILES string of the molecule is O=C(NCc1ccc(-c2ccsc2)o1)c1ccc2ncsc2c1. The van der Waals surface area contributed by atoms with Crippen molar-refractivity contribution >= 4 is 38.8 Å². The Kier molecular flexibility index (Phi) is 3.69. The number of carbonyl (C=O) groups excluding carboxylic acids is 1. The van der Waals surface area contributed by atoms with E-state index in [9.17, 15) is 4.79 Å². The zero-order valence-electron chi connectivity index (χ0n) is 12.0. The number of nitrogens with zero attached hydrogens (tertiary/aromatic N) is 1. The minimum atomic E-state index is -0.117. The van der Waals surface area contributed by atoms with Crippen LogP contribution in [-0.2, 0) is 6.54 Å². The van der Waals surface area contributed by atoms with Gasteiger partial charge in [-0.2, -0.15) is 11.3 Å². The molecule has 6 heteroatoms. The Labute approximate surface area is 140 Å². The minimum absolute atomic E-state index is 0.117. The molecule has 23 heavy (non-hydrogen) atoms. The van der Waals surface area contributed by atoms with Crippen molar-refractivity contribution in [2.75, 3.05) is 0 Å². The van der Waals surface area contributed by atoms with Crippen LogP contribution in [0.15, 0.2) is 57.1 Å². The van der Waals surface area contributed by atoms with Crippen molar-refractivity contribution in [3.05, 3.63) is 64.0 Å². The molecule has 0 unspecified atom stereocenters. The first-order valence-corrected chi connectivity index (χ1v) is 8.84. The maximum atomic E-state index is 12.3. The van der Waals surface area contributed by atoms with Crippen molar-refractivity contribution in [1.29, 1.82) is 0 Å². The fourth-order valence-electron chi connectivity index (χ4n) is 2.30. The van der Waals surface area contributed by atoms with Crippen molar-refractivity contribution in [1.82, 2.24) is 10.3 Å². The van der Waals surface area contributed by atoms with Gasteiger partial charge in [0.2, 0.25) is 0 Å². The smallest absolute Gasteiger partial charge is 0.251 e. The van der Waals surface area contributed by atoms with E-state index in [0.29, 0.717) is 12.1 Å². The van der Waals surface area contributed by atoms with Crippen LogP contribution in [0.25, 0.3) is 21.5 Å². The third kappa shape index (κ3) is 2.91. The average Bonchev–Trinajstić information content (AvgIpc) is 3.32. The normalized spacial score (nSPS) is 11.0. The predicted molar refractivity (Wildman–Crippen MR) is 92.8 cm³/mol. The van der Waals surface area contributed by atoms with E-state index in [1.54, 1.807) is 22.9 Å². The van der Waals surface area contributed by atoms with Crippen LogP contribution in [0, 0.1) is 0 Å². The molecule has 0 spiro atoms. The second-order valence-corrected chi connectivity index (χ2v) is 6.66. The summed E-state index contributed by atoms with van der Waals surface area (Å²) >= 11 is 3.15. The standard InChI is InChI=1S/C17H12N2O2S2/c20-17(11-1-3-14-16(7-11)23-10-19-14)18-8-13-2-4-15(21-13)12-5-6-22-9-12/h1-7,9-10H,8H2,(H,18,20). The lowest BCUT2D eigenvalue weighted by Gasteiger charge is -2.03. The number of furan rings is 1. The van der Waals surface area contributed by atoms with Crippen LogP contribution in [0.5, 0.6) is 0 Å². The third-order valence-electron chi connectivity index (χ3n) is 3.48. The van der Waals surface area contributed by atoms with Crippen LogP contribution in [0.4, 0.5) is 0 Å². The molecule has 3 heterocycles. The van der Waals surface area contributed by atoms with Gasteiger partial charge < -0.3 is 9.73 Å². The summed E-state index contributed by atoms with van der Waals surface area (Å²) in [6, 6.07) is 11.3. The molecule has 1 aromatic carbocycles. The Morgan fingerprint density at radius 1 is 1.22 bits per heavy atom. The first kappa shape index (κ1) is 14.2. The summed E-state index contributed by atoms with van der Waals surface area (Å²) in [4.78, 5) is 16.5. The van der Waals surface area contributed by atoms with E-state index in [1.807, 2.05) is 41.1 Å². The van der Waals surface area contributed by atoms with Crippen LogP contribution < -0.4 is 5.32 Å². The molecule has 0 aliphatic heterocycles. The number of rotatable bonds is 4. The molecule has 0 bridgehead atoms. The number of thiazole rings is 1. The van der Waals surface area contributed by atoms with Gasteiger partial charge in [0, 0.05) is 16.5 Å². The van der Waals surface area contributed by atoms with Gasteiger partial charge in [-0.05, 0) is 41.8 Å². The van der Waals surface area contributed by atoms with Crippen LogP contribution in [0.2, 0.25) is 0 Å². The predicted octanol–water partition coefficient (Wildman–Crippen LogP) is 4.55. The molecule has 0 aliphatic rings. The van der Waals surface area contributed by atoms with Gasteiger partial charge >= 0.3 is 0 Å². The second-order valence-electron chi connectivity index (χ2n) is 5.00. The van der Waals surface area contributed by atoms with E-state index in [4.69, 9.17) is 4.42 Å². The van der Waals surface area contributed by atoms with Gasteiger partial charge in [0.05, 0.1) is 22.3 Å². The van der Waals surface area contributed by atoms with E-state index in [1.165, 1.54) is 11.3 Å². The monoisotopic (exact) mass is 340 g/mol. The number of aromatic nitrogens is 1. The zero-order valence-corrected chi connectivity index (χ0v) is 13.6. The summed E-state index contributed by atoms with van der Waals surface area (Å²) in [7, 11) is 0. The molecule has 0 fully saturated rings. The molecular weight excluding hydrogens is 328 g/mol. The highest BCUT2D eigenvalue weighted by Crippen LogP contribution is 2.24. The van der Waals surface area contributed by atoms with Gasteiger partial charge in [0.25, 0.3) is 5.91 Å². The average molecular weight is 340 g/mol. The Balaban J connectivity index is 1.45. The Bertz CT molecular complexity index is 954. The number of carbonyl (C=O) groups is 1. The van der Waals surface area contributed by atoms with Crippen molar-refractivity contribution < 1.29 is 9.21 Å². The van der Waals surface area contributed by atoms with E-state index in [2.05, 4.69) is 10.3 Å². The topological polar surface area (TPSA) is 55.1 Å². The number of hydrogen-bond acceptors (Lipinski definition) is 5. The summed E-state index contributed by atoms with van der Waals surface area (Å²) in [6.45, 7) is 0.365. The molecular formula is C17H12N2O2S2. The van der Waals surface area contributed by atoms with Crippen LogP contribution in [-0.4, -0.2) is 10.9 Å².